The number of carbonyl (C=O) groups is 2. The number of rotatable bonds is 3. The molecule has 2 saturated heterocycles. The van der Waals surface area contributed by atoms with Crippen LogP contribution in [-0.2, 0) is 4.79 Å². The molecule has 0 saturated carbocycles. The van der Waals surface area contributed by atoms with E-state index in [4.69, 9.17) is 11.6 Å². The van der Waals surface area contributed by atoms with Crippen LogP contribution in [0, 0.1) is 0 Å². The zero-order chi connectivity index (χ0) is 18.5. The predicted molar refractivity (Wildman–Crippen MR) is 107 cm³/mol. The number of amides is 3. The zero-order valence-electron chi connectivity index (χ0n) is 15.0. The maximum atomic E-state index is 12.5. The van der Waals surface area contributed by atoms with Gasteiger partial charge in [-0.3, -0.25) is 4.79 Å². The Bertz CT molecular complexity index is 646. The molecule has 2 aliphatic heterocycles. The largest absolute Gasteiger partial charge is 0.368 e. The minimum atomic E-state index is -0.489. The molecule has 0 aromatic heterocycles. The standard InChI is InChI=1S/C18H25ClN4O2S/c1-14(17(24)22-9-11-26-12-10-22)20-18(25)23-7-5-21(6-8-23)16-4-2-3-15(19)13-16/h2-4,13-14H,5-12H2,1H3,(H,20,25)/t14-/m0/s1. The Morgan fingerprint density at radius 2 is 1.77 bits per heavy atom. The van der Waals surface area contributed by atoms with Crippen molar-refractivity contribution in [3.05, 3.63) is 29.3 Å². The summed E-state index contributed by atoms with van der Waals surface area (Å²) in [7, 11) is 0. The van der Waals surface area contributed by atoms with E-state index in [9.17, 15) is 9.59 Å². The molecule has 0 bridgehead atoms. The fourth-order valence-corrected chi connectivity index (χ4v) is 4.32. The number of thioether (sulfide) groups is 1. The van der Waals surface area contributed by atoms with E-state index in [1.54, 1.807) is 11.8 Å². The summed E-state index contributed by atoms with van der Waals surface area (Å²) in [6.45, 7) is 6.05. The van der Waals surface area contributed by atoms with E-state index in [1.165, 1.54) is 0 Å². The Labute approximate surface area is 163 Å². The van der Waals surface area contributed by atoms with Gasteiger partial charge in [0.05, 0.1) is 0 Å². The van der Waals surface area contributed by atoms with E-state index >= 15 is 0 Å². The lowest BCUT2D eigenvalue weighted by Gasteiger charge is -2.37. The molecule has 26 heavy (non-hydrogen) atoms. The molecule has 0 spiro atoms. The summed E-state index contributed by atoms with van der Waals surface area (Å²) in [5.41, 5.74) is 1.07. The average molecular weight is 397 g/mol. The highest BCUT2D eigenvalue weighted by molar-refractivity contribution is 7.99. The first kappa shape index (κ1) is 19.2. The van der Waals surface area contributed by atoms with Crippen molar-refractivity contribution in [3.63, 3.8) is 0 Å². The molecule has 1 N–H and O–H groups in total. The van der Waals surface area contributed by atoms with Crippen molar-refractivity contribution in [2.75, 3.05) is 55.7 Å². The molecule has 8 heteroatoms. The van der Waals surface area contributed by atoms with Crippen LogP contribution in [-0.4, -0.2) is 78.6 Å². The van der Waals surface area contributed by atoms with Gasteiger partial charge in [-0.1, -0.05) is 17.7 Å². The Morgan fingerprint density at radius 3 is 2.42 bits per heavy atom. The third-order valence-electron chi connectivity index (χ3n) is 4.77. The molecule has 0 aliphatic carbocycles. The number of anilines is 1. The topological polar surface area (TPSA) is 55.9 Å². The number of carbonyl (C=O) groups excluding carboxylic acids is 2. The van der Waals surface area contributed by atoms with Gasteiger partial charge in [-0.25, -0.2) is 4.79 Å². The van der Waals surface area contributed by atoms with Crippen LogP contribution in [0.3, 0.4) is 0 Å². The number of nitrogens with zero attached hydrogens (tertiary/aromatic N) is 3. The number of halogens is 1. The van der Waals surface area contributed by atoms with Gasteiger partial charge in [-0.2, -0.15) is 11.8 Å². The maximum Gasteiger partial charge on any atom is 0.318 e. The van der Waals surface area contributed by atoms with Crippen molar-refractivity contribution in [2.45, 2.75) is 13.0 Å². The molecular formula is C18H25ClN4O2S. The quantitative estimate of drug-likeness (QED) is 0.850. The van der Waals surface area contributed by atoms with Gasteiger partial charge in [-0.15, -0.1) is 0 Å². The van der Waals surface area contributed by atoms with Crippen LogP contribution in [0.4, 0.5) is 10.5 Å². The summed E-state index contributed by atoms with van der Waals surface area (Å²) in [5, 5.41) is 3.57. The average Bonchev–Trinajstić information content (AvgIpc) is 2.68. The van der Waals surface area contributed by atoms with Crippen molar-refractivity contribution in [3.8, 4) is 0 Å². The fraction of sp³-hybridized carbons (Fsp3) is 0.556. The summed E-state index contributed by atoms with van der Waals surface area (Å²) < 4.78 is 0. The van der Waals surface area contributed by atoms with Gasteiger partial charge in [0.2, 0.25) is 5.91 Å². The molecule has 1 atom stereocenters. The molecular weight excluding hydrogens is 372 g/mol. The molecule has 142 valence electrons. The number of piperazine rings is 1. The predicted octanol–water partition coefficient (Wildman–Crippen LogP) is 2.14. The minimum absolute atomic E-state index is 0.0104. The van der Waals surface area contributed by atoms with E-state index in [0.717, 1.165) is 43.4 Å². The second-order valence-electron chi connectivity index (χ2n) is 6.56. The molecule has 3 amide bonds. The highest BCUT2D eigenvalue weighted by Gasteiger charge is 2.27. The lowest BCUT2D eigenvalue weighted by Crippen LogP contribution is -2.56. The van der Waals surface area contributed by atoms with Gasteiger partial charge < -0.3 is 20.0 Å². The smallest absolute Gasteiger partial charge is 0.318 e. The Hall–Kier alpha value is -1.60. The molecule has 1 aromatic carbocycles. The summed E-state index contributed by atoms with van der Waals surface area (Å²) in [6.07, 6.45) is 0. The van der Waals surface area contributed by atoms with Gasteiger partial charge in [0.25, 0.3) is 0 Å². The molecule has 2 heterocycles. The van der Waals surface area contributed by atoms with Crippen LogP contribution in [0.15, 0.2) is 24.3 Å². The van der Waals surface area contributed by atoms with Gasteiger partial charge >= 0.3 is 6.03 Å². The minimum Gasteiger partial charge on any atom is -0.368 e. The highest BCUT2D eigenvalue weighted by Crippen LogP contribution is 2.20. The van der Waals surface area contributed by atoms with Crippen molar-refractivity contribution in [2.24, 2.45) is 0 Å². The molecule has 2 fully saturated rings. The summed E-state index contributed by atoms with van der Waals surface area (Å²) in [5.74, 6) is 1.95. The summed E-state index contributed by atoms with van der Waals surface area (Å²) >= 11 is 7.92. The first-order chi connectivity index (χ1) is 12.5. The van der Waals surface area contributed by atoms with Crippen LogP contribution in [0.1, 0.15) is 6.92 Å². The molecule has 0 unspecified atom stereocenters. The summed E-state index contributed by atoms with van der Waals surface area (Å²) in [4.78, 5) is 30.8. The van der Waals surface area contributed by atoms with Crippen LogP contribution in [0.5, 0.6) is 0 Å². The number of hydrogen-bond donors (Lipinski definition) is 1. The van der Waals surface area contributed by atoms with E-state index < -0.39 is 6.04 Å². The Kier molecular flexibility index (Phi) is 6.53. The monoisotopic (exact) mass is 396 g/mol. The molecule has 2 aliphatic rings. The maximum absolute atomic E-state index is 12.5. The van der Waals surface area contributed by atoms with Crippen LogP contribution < -0.4 is 10.2 Å². The Balaban J connectivity index is 1.48. The SMILES string of the molecule is C[C@H](NC(=O)N1CCN(c2cccc(Cl)c2)CC1)C(=O)N1CCSCC1. The van der Waals surface area contributed by atoms with E-state index in [0.29, 0.717) is 18.1 Å². The second kappa shape index (κ2) is 8.86. The second-order valence-corrected chi connectivity index (χ2v) is 8.22. The van der Waals surface area contributed by atoms with Crippen molar-refractivity contribution in [1.82, 2.24) is 15.1 Å². The third kappa shape index (κ3) is 4.76. The van der Waals surface area contributed by atoms with Crippen molar-refractivity contribution in [1.29, 1.82) is 0 Å². The van der Waals surface area contributed by atoms with Gasteiger partial charge in [0, 0.05) is 61.5 Å². The van der Waals surface area contributed by atoms with Gasteiger partial charge in [0.15, 0.2) is 0 Å². The third-order valence-corrected chi connectivity index (χ3v) is 5.95. The van der Waals surface area contributed by atoms with E-state index in [2.05, 4.69) is 10.2 Å². The fourth-order valence-electron chi connectivity index (χ4n) is 3.24. The van der Waals surface area contributed by atoms with Crippen LogP contribution >= 0.6 is 23.4 Å². The van der Waals surface area contributed by atoms with E-state index in [-0.39, 0.29) is 11.9 Å². The van der Waals surface area contributed by atoms with E-state index in [1.807, 2.05) is 40.9 Å². The summed E-state index contributed by atoms with van der Waals surface area (Å²) in [6, 6.07) is 7.10. The number of urea groups is 1. The van der Waals surface area contributed by atoms with Gasteiger partial charge in [0.1, 0.15) is 6.04 Å². The highest BCUT2D eigenvalue weighted by atomic mass is 35.5. The normalized spacial score (nSPS) is 19.2. The molecule has 3 rings (SSSR count). The zero-order valence-corrected chi connectivity index (χ0v) is 16.6. The van der Waals surface area contributed by atoms with Crippen molar-refractivity contribution < 1.29 is 9.59 Å². The first-order valence-corrected chi connectivity index (χ1v) is 10.5. The number of benzene rings is 1. The lowest BCUT2D eigenvalue weighted by molar-refractivity contribution is -0.132. The van der Waals surface area contributed by atoms with Crippen molar-refractivity contribution >= 4 is 41.0 Å². The van der Waals surface area contributed by atoms with Crippen LogP contribution in [0.25, 0.3) is 0 Å². The van der Waals surface area contributed by atoms with Crippen LogP contribution in [0.2, 0.25) is 5.02 Å². The Morgan fingerprint density at radius 1 is 1.08 bits per heavy atom. The number of nitrogens with one attached hydrogen (secondary N) is 1. The molecule has 1 aromatic rings. The lowest BCUT2D eigenvalue weighted by atomic mass is 10.2. The molecule has 0 radical (unpaired) electrons. The first-order valence-electron chi connectivity index (χ1n) is 8.97. The number of hydrogen-bond acceptors (Lipinski definition) is 4. The van der Waals surface area contributed by atoms with Gasteiger partial charge in [-0.05, 0) is 25.1 Å². The molecule has 6 nitrogen and oxygen atoms in total.